The average Bonchev–Trinajstić information content (AvgIpc) is 2.44. The highest BCUT2D eigenvalue weighted by atomic mass is 35.5. The zero-order chi connectivity index (χ0) is 15.4. The first-order valence-electron chi connectivity index (χ1n) is 7.08. The average molecular weight is 368 g/mol. The van der Waals surface area contributed by atoms with Gasteiger partial charge in [0.2, 0.25) is 0 Å². The summed E-state index contributed by atoms with van der Waals surface area (Å²) >= 11 is 11.8. The topological polar surface area (TPSA) is 55.6 Å². The molecule has 0 bridgehead atoms. The summed E-state index contributed by atoms with van der Waals surface area (Å²) in [5.74, 6) is 0.988. The highest BCUT2D eigenvalue weighted by molar-refractivity contribution is 6.34. The van der Waals surface area contributed by atoms with Crippen molar-refractivity contribution in [1.29, 1.82) is 0 Å². The Hall–Kier alpha value is -0.680. The minimum absolute atomic E-state index is 0. The highest BCUT2D eigenvalue weighted by Crippen LogP contribution is 2.24. The minimum atomic E-state index is -0.0192. The monoisotopic (exact) mass is 366 g/mol. The molecule has 1 aromatic carbocycles. The molecule has 1 aromatic rings. The van der Waals surface area contributed by atoms with E-state index in [1.54, 1.807) is 18.2 Å². The van der Waals surface area contributed by atoms with Crippen LogP contribution in [0.4, 0.5) is 0 Å². The number of benzene rings is 1. The van der Waals surface area contributed by atoms with Gasteiger partial charge in [-0.25, -0.2) is 0 Å². The summed E-state index contributed by atoms with van der Waals surface area (Å²) in [6.07, 6.45) is 1.90. The molecule has 1 saturated heterocycles. The number of ether oxygens (including phenoxy) is 1. The Labute approximate surface area is 147 Å². The van der Waals surface area contributed by atoms with Crippen LogP contribution in [0.15, 0.2) is 18.2 Å². The summed E-state index contributed by atoms with van der Waals surface area (Å²) < 4.78 is 5.47. The van der Waals surface area contributed by atoms with Gasteiger partial charge in [-0.15, -0.1) is 12.4 Å². The molecule has 1 aliphatic heterocycles. The smallest absolute Gasteiger partial charge is 0.260 e. The second-order valence-electron chi connectivity index (χ2n) is 5.47. The van der Waals surface area contributed by atoms with Crippen molar-refractivity contribution in [3.8, 4) is 5.75 Å². The number of rotatable bonds is 4. The number of nitrogens with two attached hydrogens (primary N) is 1. The van der Waals surface area contributed by atoms with E-state index < -0.39 is 0 Å². The largest absolute Gasteiger partial charge is 0.484 e. The van der Waals surface area contributed by atoms with E-state index in [9.17, 15) is 4.79 Å². The van der Waals surface area contributed by atoms with Crippen LogP contribution in [-0.2, 0) is 4.79 Å². The Bertz CT molecular complexity index is 483. The van der Waals surface area contributed by atoms with Gasteiger partial charge in [0.15, 0.2) is 6.61 Å². The van der Waals surface area contributed by atoms with Gasteiger partial charge < -0.3 is 15.4 Å². The third-order valence-corrected chi connectivity index (χ3v) is 4.27. The molecule has 2 rings (SSSR count). The number of amides is 1. The van der Waals surface area contributed by atoms with Gasteiger partial charge in [-0.2, -0.15) is 0 Å². The van der Waals surface area contributed by atoms with Crippen molar-refractivity contribution in [3.05, 3.63) is 28.2 Å². The molecule has 4 nitrogen and oxygen atoms in total. The van der Waals surface area contributed by atoms with Gasteiger partial charge in [0.25, 0.3) is 5.91 Å². The molecule has 124 valence electrons. The number of hydrogen-bond donors (Lipinski definition) is 1. The lowest BCUT2D eigenvalue weighted by atomic mass is 9.91. The second-order valence-corrected chi connectivity index (χ2v) is 6.34. The highest BCUT2D eigenvalue weighted by Gasteiger charge is 2.24. The first-order chi connectivity index (χ1) is 9.95. The van der Waals surface area contributed by atoms with Gasteiger partial charge >= 0.3 is 0 Å². The Kier molecular flexibility index (Phi) is 7.77. The molecular weight excluding hydrogens is 347 g/mol. The number of piperidine rings is 1. The van der Waals surface area contributed by atoms with E-state index in [1.165, 1.54) is 0 Å². The van der Waals surface area contributed by atoms with Crippen LogP contribution in [0, 0.1) is 5.92 Å². The molecule has 1 heterocycles. The van der Waals surface area contributed by atoms with E-state index in [4.69, 9.17) is 33.7 Å². The molecule has 0 aromatic heterocycles. The molecule has 0 saturated carbocycles. The molecule has 22 heavy (non-hydrogen) atoms. The van der Waals surface area contributed by atoms with Crippen molar-refractivity contribution < 1.29 is 9.53 Å². The number of nitrogens with zero attached hydrogens (tertiary/aromatic N) is 1. The summed E-state index contributed by atoms with van der Waals surface area (Å²) in [5, 5.41) is 0.977. The first-order valence-corrected chi connectivity index (χ1v) is 7.83. The third-order valence-electron chi connectivity index (χ3n) is 3.83. The fraction of sp³-hybridized carbons (Fsp3) is 0.533. The zero-order valence-corrected chi connectivity index (χ0v) is 14.8. The van der Waals surface area contributed by atoms with Gasteiger partial charge in [-0.05, 0) is 43.9 Å². The van der Waals surface area contributed by atoms with Crippen molar-refractivity contribution in [3.63, 3.8) is 0 Å². The SMILES string of the molecule is CC(N)C1CCN(C(=O)COc2cc(Cl)cc(Cl)c2)CC1.Cl. The van der Waals surface area contributed by atoms with Gasteiger partial charge in [-0.1, -0.05) is 23.2 Å². The Morgan fingerprint density at radius 2 is 1.86 bits per heavy atom. The van der Waals surface area contributed by atoms with Crippen LogP contribution in [0.25, 0.3) is 0 Å². The Balaban J connectivity index is 0.00000242. The first kappa shape index (κ1) is 19.4. The number of carbonyl (C=O) groups is 1. The van der Waals surface area contributed by atoms with Gasteiger partial charge in [0, 0.05) is 29.2 Å². The molecular formula is C15H21Cl3N2O2. The second kappa shape index (κ2) is 8.82. The molecule has 0 radical (unpaired) electrons. The summed E-state index contributed by atoms with van der Waals surface area (Å²) in [4.78, 5) is 13.9. The summed E-state index contributed by atoms with van der Waals surface area (Å²) in [5.41, 5.74) is 5.90. The standard InChI is InChI=1S/C15H20Cl2N2O2.ClH/c1-10(18)11-2-4-19(5-3-11)15(20)9-21-14-7-12(16)6-13(17)8-14;/h6-8,10-11H,2-5,9,18H2,1H3;1H. The molecule has 1 atom stereocenters. The summed E-state index contributed by atoms with van der Waals surface area (Å²) in [7, 11) is 0. The molecule has 0 aliphatic carbocycles. The molecule has 2 N–H and O–H groups in total. The Morgan fingerprint density at radius 1 is 1.32 bits per heavy atom. The molecule has 1 unspecified atom stereocenters. The van der Waals surface area contributed by atoms with Crippen molar-refractivity contribution in [2.45, 2.75) is 25.8 Å². The molecule has 1 fully saturated rings. The molecule has 7 heteroatoms. The van der Waals surface area contributed by atoms with Crippen LogP contribution < -0.4 is 10.5 Å². The van der Waals surface area contributed by atoms with E-state index in [0.29, 0.717) is 21.7 Å². The minimum Gasteiger partial charge on any atom is -0.484 e. The van der Waals surface area contributed by atoms with E-state index in [1.807, 2.05) is 11.8 Å². The van der Waals surface area contributed by atoms with Crippen LogP contribution in [0.5, 0.6) is 5.75 Å². The normalized spacial score (nSPS) is 16.8. The molecule has 1 aliphatic rings. The van der Waals surface area contributed by atoms with Crippen molar-refractivity contribution in [2.75, 3.05) is 19.7 Å². The van der Waals surface area contributed by atoms with Gasteiger partial charge in [-0.3, -0.25) is 4.79 Å². The lowest BCUT2D eigenvalue weighted by molar-refractivity contribution is -0.134. The fourth-order valence-corrected chi connectivity index (χ4v) is 3.03. The predicted molar refractivity (Wildman–Crippen MR) is 92.2 cm³/mol. The predicted octanol–water partition coefficient (Wildman–Crippen LogP) is 3.38. The van der Waals surface area contributed by atoms with E-state index in [2.05, 4.69) is 0 Å². The van der Waals surface area contributed by atoms with Crippen LogP contribution in [0.1, 0.15) is 19.8 Å². The maximum absolute atomic E-state index is 12.1. The maximum Gasteiger partial charge on any atom is 0.260 e. The quantitative estimate of drug-likeness (QED) is 0.887. The van der Waals surface area contributed by atoms with Crippen molar-refractivity contribution in [2.24, 2.45) is 11.7 Å². The molecule has 0 spiro atoms. The van der Waals surface area contributed by atoms with Crippen LogP contribution in [0.3, 0.4) is 0 Å². The summed E-state index contributed by atoms with van der Waals surface area (Å²) in [6.45, 7) is 3.50. The van der Waals surface area contributed by atoms with E-state index in [0.717, 1.165) is 25.9 Å². The Morgan fingerprint density at radius 3 is 2.36 bits per heavy atom. The summed E-state index contributed by atoms with van der Waals surface area (Å²) in [6, 6.07) is 5.09. The number of carbonyl (C=O) groups excluding carboxylic acids is 1. The van der Waals surface area contributed by atoms with Crippen molar-refractivity contribution >= 4 is 41.5 Å². The van der Waals surface area contributed by atoms with Crippen LogP contribution in [0.2, 0.25) is 10.0 Å². The van der Waals surface area contributed by atoms with Gasteiger partial charge in [0.05, 0.1) is 0 Å². The van der Waals surface area contributed by atoms with E-state index in [-0.39, 0.29) is 31.0 Å². The maximum atomic E-state index is 12.1. The number of halogens is 3. The van der Waals surface area contributed by atoms with Crippen LogP contribution >= 0.6 is 35.6 Å². The van der Waals surface area contributed by atoms with Gasteiger partial charge in [0.1, 0.15) is 5.75 Å². The van der Waals surface area contributed by atoms with Crippen molar-refractivity contribution in [1.82, 2.24) is 4.90 Å². The lowest BCUT2D eigenvalue weighted by Gasteiger charge is -2.33. The fourth-order valence-electron chi connectivity index (χ4n) is 2.52. The lowest BCUT2D eigenvalue weighted by Crippen LogP contribution is -2.44. The third kappa shape index (κ3) is 5.51. The molecule has 1 amide bonds. The van der Waals surface area contributed by atoms with Crippen LogP contribution in [-0.4, -0.2) is 36.5 Å². The number of hydrogen-bond acceptors (Lipinski definition) is 3. The zero-order valence-electron chi connectivity index (χ0n) is 12.4. The van der Waals surface area contributed by atoms with E-state index >= 15 is 0 Å². The number of likely N-dealkylation sites (tertiary alicyclic amines) is 1.